The number of nitrogens with one attached hydrogen (secondary N) is 3. The molecule has 3 amide bonds. The normalized spacial score (nSPS) is 11.6. The van der Waals surface area contributed by atoms with E-state index < -0.39 is 35.1 Å². The van der Waals surface area contributed by atoms with Crippen molar-refractivity contribution < 1.29 is 23.2 Å². The molecule has 29 heavy (non-hydrogen) atoms. The molecule has 1 unspecified atom stereocenters. The van der Waals surface area contributed by atoms with Crippen LogP contribution in [0.1, 0.15) is 30.6 Å². The van der Waals surface area contributed by atoms with Gasteiger partial charge in [0.2, 0.25) is 11.8 Å². The number of carbonyl (C=O) groups excluding carboxylic acids is 3. The van der Waals surface area contributed by atoms with Crippen LogP contribution >= 0.6 is 0 Å². The first-order valence-corrected chi connectivity index (χ1v) is 9.02. The van der Waals surface area contributed by atoms with Gasteiger partial charge < -0.3 is 16.0 Å². The van der Waals surface area contributed by atoms with E-state index in [1.54, 1.807) is 32.2 Å². The number of hydrogen-bond donors (Lipinski definition) is 3. The molecule has 0 spiro atoms. The fourth-order valence-corrected chi connectivity index (χ4v) is 2.53. The zero-order chi connectivity index (χ0) is 21.4. The molecule has 0 saturated heterocycles. The van der Waals surface area contributed by atoms with Crippen molar-refractivity contribution in [2.45, 2.75) is 26.3 Å². The van der Waals surface area contributed by atoms with Gasteiger partial charge in [-0.2, -0.15) is 0 Å². The maximum Gasteiger partial charge on any atom is 0.257 e. The van der Waals surface area contributed by atoms with Gasteiger partial charge in [0, 0.05) is 19.2 Å². The van der Waals surface area contributed by atoms with Crippen LogP contribution in [0, 0.1) is 17.6 Å². The lowest BCUT2D eigenvalue weighted by molar-refractivity contribution is -0.124. The molecule has 3 N–H and O–H groups in total. The Kier molecular flexibility index (Phi) is 7.76. The summed E-state index contributed by atoms with van der Waals surface area (Å²) in [6.45, 7) is 3.38. The van der Waals surface area contributed by atoms with E-state index in [2.05, 4.69) is 20.9 Å². The highest BCUT2D eigenvalue weighted by molar-refractivity contribution is 5.98. The van der Waals surface area contributed by atoms with Gasteiger partial charge in [-0.05, 0) is 30.2 Å². The van der Waals surface area contributed by atoms with Crippen LogP contribution in [0.25, 0.3) is 0 Å². The predicted octanol–water partition coefficient (Wildman–Crippen LogP) is 2.26. The molecule has 0 radical (unpaired) electrons. The van der Waals surface area contributed by atoms with Crippen LogP contribution in [0.3, 0.4) is 0 Å². The first-order valence-electron chi connectivity index (χ1n) is 9.02. The van der Waals surface area contributed by atoms with Gasteiger partial charge in [-0.15, -0.1) is 0 Å². The fourth-order valence-electron chi connectivity index (χ4n) is 2.53. The smallest absolute Gasteiger partial charge is 0.257 e. The summed E-state index contributed by atoms with van der Waals surface area (Å²) in [6, 6.07) is 5.39. The molecule has 1 heterocycles. The lowest BCUT2D eigenvalue weighted by Gasteiger charge is -2.22. The molecule has 0 aliphatic heterocycles. The average molecular weight is 404 g/mol. The fraction of sp³-hybridized carbons (Fsp3) is 0.300. The quantitative estimate of drug-likeness (QED) is 0.628. The minimum Gasteiger partial charge on any atom is -0.354 e. The van der Waals surface area contributed by atoms with Crippen LogP contribution in [0.4, 0.5) is 14.5 Å². The highest BCUT2D eigenvalue weighted by Gasteiger charge is 2.27. The summed E-state index contributed by atoms with van der Waals surface area (Å²) in [5.74, 6) is -4.28. The molecule has 9 heteroatoms. The summed E-state index contributed by atoms with van der Waals surface area (Å²) < 4.78 is 27.5. The Labute approximate surface area is 166 Å². The number of amides is 3. The van der Waals surface area contributed by atoms with Gasteiger partial charge in [0.1, 0.15) is 23.2 Å². The second-order valence-corrected chi connectivity index (χ2v) is 6.62. The molecule has 154 valence electrons. The van der Waals surface area contributed by atoms with Crippen molar-refractivity contribution in [2.24, 2.45) is 5.92 Å². The van der Waals surface area contributed by atoms with Gasteiger partial charge in [0.25, 0.3) is 5.91 Å². The van der Waals surface area contributed by atoms with Crippen molar-refractivity contribution in [3.05, 3.63) is 59.9 Å². The molecule has 0 fully saturated rings. The van der Waals surface area contributed by atoms with E-state index in [4.69, 9.17) is 0 Å². The first kappa shape index (κ1) is 21.9. The van der Waals surface area contributed by atoms with Crippen molar-refractivity contribution in [1.82, 2.24) is 15.6 Å². The molecule has 0 aliphatic rings. The van der Waals surface area contributed by atoms with Gasteiger partial charge in [0.05, 0.1) is 11.9 Å². The van der Waals surface area contributed by atoms with E-state index in [1.807, 2.05) is 0 Å². The third-order valence-electron chi connectivity index (χ3n) is 4.02. The van der Waals surface area contributed by atoms with Gasteiger partial charge >= 0.3 is 0 Å². The number of carbonyl (C=O) groups is 3. The Hall–Kier alpha value is -3.36. The van der Waals surface area contributed by atoms with Gasteiger partial charge in [-0.1, -0.05) is 19.9 Å². The average Bonchev–Trinajstić information content (AvgIpc) is 2.66. The number of anilines is 1. The van der Waals surface area contributed by atoms with E-state index in [-0.39, 0.29) is 24.8 Å². The molecule has 7 nitrogen and oxygen atoms in total. The van der Waals surface area contributed by atoms with Gasteiger partial charge in [-0.25, -0.2) is 8.78 Å². The van der Waals surface area contributed by atoms with Crippen molar-refractivity contribution in [1.29, 1.82) is 0 Å². The molecular formula is C20H22F2N4O3. The summed E-state index contributed by atoms with van der Waals surface area (Å²) >= 11 is 0. The maximum atomic E-state index is 13.8. The Morgan fingerprint density at radius 3 is 2.34 bits per heavy atom. The van der Waals surface area contributed by atoms with Gasteiger partial charge in [0.15, 0.2) is 0 Å². The third kappa shape index (κ3) is 6.34. The summed E-state index contributed by atoms with van der Waals surface area (Å²) in [7, 11) is 0. The Bertz CT molecular complexity index is 855. The lowest BCUT2D eigenvalue weighted by Crippen LogP contribution is -2.50. The lowest BCUT2D eigenvalue weighted by atomic mass is 10.0. The van der Waals surface area contributed by atoms with E-state index in [9.17, 15) is 23.2 Å². The van der Waals surface area contributed by atoms with Crippen LogP contribution in [0.2, 0.25) is 0 Å². The number of nitrogens with zero attached hydrogens (tertiary/aromatic N) is 1. The standard InChI is InChI=1S/C20H22F2N4O3/c1-12(2)18(26-19(28)17-14(21)6-3-7-15(17)22)20(29)24-10-8-16(27)25-13-5-4-9-23-11-13/h3-7,9,11-12,18H,8,10H2,1-2H3,(H,24,29)(H,25,27)(H,26,28). The summed E-state index contributed by atoms with van der Waals surface area (Å²) in [6.07, 6.45) is 3.06. The largest absolute Gasteiger partial charge is 0.354 e. The predicted molar refractivity (Wildman–Crippen MR) is 103 cm³/mol. The molecule has 2 aromatic rings. The first-order chi connectivity index (χ1) is 13.8. The molecule has 2 rings (SSSR count). The second kappa shape index (κ2) is 10.3. The van der Waals surface area contributed by atoms with Crippen molar-refractivity contribution in [2.75, 3.05) is 11.9 Å². The number of hydrogen-bond acceptors (Lipinski definition) is 4. The van der Waals surface area contributed by atoms with Crippen LogP contribution in [-0.4, -0.2) is 35.3 Å². The van der Waals surface area contributed by atoms with E-state index in [0.717, 1.165) is 18.2 Å². The molecule has 0 aliphatic carbocycles. The van der Waals surface area contributed by atoms with Crippen LogP contribution in [0.15, 0.2) is 42.7 Å². The minimum atomic E-state index is -1.03. The van der Waals surface area contributed by atoms with Crippen LogP contribution < -0.4 is 16.0 Å². The summed E-state index contributed by atoms with van der Waals surface area (Å²) in [4.78, 5) is 40.4. The molecule has 1 aromatic carbocycles. The number of pyridine rings is 1. The highest BCUT2D eigenvalue weighted by atomic mass is 19.1. The van der Waals surface area contributed by atoms with Gasteiger partial charge in [-0.3, -0.25) is 19.4 Å². The summed E-state index contributed by atoms with van der Waals surface area (Å²) in [5, 5.41) is 7.53. The highest BCUT2D eigenvalue weighted by Crippen LogP contribution is 2.13. The van der Waals surface area contributed by atoms with Crippen LogP contribution in [0.5, 0.6) is 0 Å². The van der Waals surface area contributed by atoms with E-state index in [0.29, 0.717) is 5.69 Å². The number of aromatic nitrogens is 1. The SMILES string of the molecule is CC(C)C(NC(=O)c1c(F)cccc1F)C(=O)NCCC(=O)Nc1cccnc1. The molecule has 1 atom stereocenters. The molecule has 0 saturated carbocycles. The van der Waals surface area contributed by atoms with Crippen molar-refractivity contribution in [3.8, 4) is 0 Å². The number of rotatable bonds is 8. The number of halogens is 2. The van der Waals surface area contributed by atoms with Crippen LogP contribution in [-0.2, 0) is 9.59 Å². The van der Waals surface area contributed by atoms with Crippen molar-refractivity contribution >= 4 is 23.4 Å². The number of benzene rings is 1. The second-order valence-electron chi connectivity index (χ2n) is 6.62. The van der Waals surface area contributed by atoms with E-state index >= 15 is 0 Å². The van der Waals surface area contributed by atoms with Crippen molar-refractivity contribution in [3.63, 3.8) is 0 Å². The molecule has 1 aromatic heterocycles. The molecule has 0 bridgehead atoms. The minimum absolute atomic E-state index is 0.00133. The topological polar surface area (TPSA) is 100 Å². The zero-order valence-electron chi connectivity index (χ0n) is 16.0. The monoisotopic (exact) mass is 404 g/mol. The molecular weight excluding hydrogens is 382 g/mol. The Balaban J connectivity index is 1.90. The Morgan fingerprint density at radius 2 is 1.76 bits per heavy atom. The Morgan fingerprint density at radius 1 is 1.07 bits per heavy atom. The van der Waals surface area contributed by atoms with E-state index in [1.165, 1.54) is 6.20 Å². The third-order valence-corrected chi connectivity index (χ3v) is 4.02. The maximum absolute atomic E-state index is 13.8. The zero-order valence-corrected chi connectivity index (χ0v) is 16.0. The summed E-state index contributed by atoms with van der Waals surface area (Å²) in [5.41, 5.74) is -0.218.